The summed E-state index contributed by atoms with van der Waals surface area (Å²) in [6, 6.07) is 7.99. The molecule has 0 bridgehead atoms. The van der Waals surface area contributed by atoms with E-state index in [-0.39, 0.29) is 6.04 Å². The lowest BCUT2D eigenvalue weighted by Gasteiger charge is -2.01. The van der Waals surface area contributed by atoms with Gasteiger partial charge < -0.3 is 9.84 Å². The Labute approximate surface area is 120 Å². The molecule has 2 aromatic rings. The average molecular weight is 296 g/mol. The van der Waals surface area contributed by atoms with Gasteiger partial charge in [0.15, 0.2) is 5.82 Å². The van der Waals surface area contributed by atoms with Gasteiger partial charge in [-0.15, -0.1) is 11.8 Å². The van der Waals surface area contributed by atoms with Crippen molar-refractivity contribution < 1.29 is 4.52 Å². The second-order valence-corrected chi connectivity index (χ2v) is 5.93. The number of hydrogen-bond donors (Lipinski definition) is 1. The Balaban J connectivity index is 1.59. The van der Waals surface area contributed by atoms with E-state index in [1.54, 1.807) is 11.8 Å². The Morgan fingerprint density at radius 3 is 2.95 bits per heavy atom. The summed E-state index contributed by atoms with van der Waals surface area (Å²) >= 11 is 7.52. The van der Waals surface area contributed by atoms with Crippen molar-refractivity contribution in [1.29, 1.82) is 0 Å². The van der Waals surface area contributed by atoms with Crippen molar-refractivity contribution in [3.05, 3.63) is 41.0 Å². The largest absolute Gasteiger partial charge is 0.338 e. The maximum atomic E-state index is 5.85. The van der Waals surface area contributed by atoms with Gasteiger partial charge in [0.05, 0.1) is 11.8 Å². The first-order valence-corrected chi connectivity index (χ1v) is 7.62. The van der Waals surface area contributed by atoms with Crippen LogP contribution in [0, 0.1) is 0 Å². The summed E-state index contributed by atoms with van der Waals surface area (Å²) in [7, 11) is 0. The van der Waals surface area contributed by atoms with Gasteiger partial charge >= 0.3 is 0 Å². The van der Waals surface area contributed by atoms with Crippen LogP contribution in [-0.4, -0.2) is 16.7 Å². The molecule has 1 aliphatic heterocycles. The minimum Gasteiger partial charge on any atom is -0.338 e. The smallest absolute Gasteiger partial charge is 0.243 e. The van der Waals surface area contributed by atoms with E-state index in [4.69, 9.17) is 16.1 Å². The first-order chi connectivity index (χ1) is 9.31. The molecular weight excluding hydrogens is 282 g/mol. The maximum absolute atomic E-state index is 5.85. The fourth-order valence-corrected chi connectivity index (χ4v) is 2.91. The zero-order valence-corrected chi connectivity index (χ0v) is 11.9. The van der Waals surface area contributed by atoms with Gasteiger partial charge in [-0.1, -0.05) is 16.8 Å². The van der Waals surface area contributed by atoms with Crippen LogP contribution in [0.25, 0.3) is 0 Å². The highest BCUT2D eigenvalue weighted by Crippen LogP contribution is 2.25. The summed E-state index contributed by atoms with van der Waals surface area (Å²) in [5.74, 6) is 2.16. The maximum Gasteiger partial charge on any atom is 0.243 e. The van der Waals surface area contributed by atoms with E-state index in [0.29, 0.717) is 11.6 Å². The van der Waals surface area contributed by atoms with Crippen molar-refractivity contribution in [3.63, 3.8) is 0 Å². The molecule has 1 N–H and O–H groups in total. The molecular formula is C13H14ClN3OS. The number of nitrogens with one attached hydrogen (secondary N) is 1. The van der Waals surface area contributed by atoms with Gasteiger partial charge in [-0.25, -0.2) is 0 Å². The van der Waals surface area contributed by atoms with Crippen LogP contribution in [-0.2, 0) is 5.75 Å². The Morgan fingerprint density at radius 2 is 2.21 bits per heavy atom. The Hall–Kier alpha value is -1.04. The summed E-state index contributed by atoms with van der Waals surface area (Å²) in [6.07, 6.45) is 2.24. The monoisotopic (exact) mass is 295 g/mol. The van der Waals surface area contributed by atoms with E-state index >= 15 is 0 Å². The molecule has 100 valence electrons. The molecule has 6 heteroatoms. The van der Waals surface area contributed by atoms with Crippen LogP contribution in [0.4, 0.5) is 0 Å². The standard InChI is InChI=1S/C13H14ClN3OS/c14-9-3-5-10(6-4-9)19-8-12-16-13(18-17-12)11-2-1-7-15-11/h3-6,11,15H,1-2,7-8H2/t11-/m0/s1. The lowest BCUT2D eigenvalue weighted by atomic mass is 10.2. The molecule has 0 aliphatic carbocycles. The highest BCUT2D eigenvalue weighted by atomic mass is 35.5. The van der Waals surface area contributed by atoms with Crippen molar-refractivity contribution in [2.75, 3.05) is 6.54 Å². The van der Waals surface area contributed by atoms with Crippen LogP contribution in [0.15, 0.2) is 33.7 Å². The second-order valence-electron chi connectivity index (χ2n) is 4.44. The van der Waals surface area contributed by atoms with Gasteiger partial charge in [0, 0.05) is 9.92 Å². The first-order valence-electron chi connectivity index (χ1n) is 6.25. The van der Waals surface area contributed by atoms with Gasteiger partial charge in [-0.2, -0.15) is 4.98 Å². The van der Waals surface area contributed by atoms with E-state index in [0.717, 1.165) is 28.7 Å². The minimum absolute atomic E-state index is 0.238. The highest BCUT2D eigenvalue weighted by molar-refractivity contribution is 7.98. The number of thioether (sulfide) groups is 1. The molecule has 1 aromatic carbocycles. The molecule has 3 rings (SSSR count). The fourth-order valence-electron chi connectivity index (χ4n) is 2.04. The highest BCUT2D eigenvalue weighted by Gasteiger charge is 2.22. The molecule has 0 radical (unpaired) electrons. The van der Waals surface area contributed by atoms with E-state index in [9.17, 15) is 0 Å². The molecule has 0 amide bonds. The SMILES string of the molecule is Clc1ccc(SCc2noc([C@@H]3CCCN3)n2)cc1. The van der Waals surface area contributed by atoms with Crippen molar-refractivity contribution in [2.24, 2.45) is 0 Å². The van der Waals surface area contributed by atoms with Gasteiger partial charge in [-0.05, 0) is 43.7 Å². The lowest BCUT2D eigenvalue weighted by molar-refractivity contribution is 0.342. The van der Waals surface area contributed by atoms with Crippen LogP contribution in [0.3, 0.4) is 0 Å². The summed E-state index contributed by atoms with van der Waals surface area (Å²) in [5.41, 5.74) is 0. The minimum atomic E-state index is 0.238. The molecule has 19 heavy (non-hydrogen) atoms. The second kappa shape index (κ2) is 5.94. The molecule has 0 spiro atoms. The topological polar surface area (TPSA) is 51.0 Å². The Morgan fingerprint density at radius 1 is 1.37 bits per heavy atom. The number of halogens is 1. The fraction of sp³-hybridized carbons (Fsp3) is 0.385. The Kier molecular flexibility index (Phi) is 4.06. The van der Waals surface area contributed by atoms with E-state index in [2.05, 4.69) is 15.5 Å². The van der Waals surface area contributed by atoms with Crippen molar-refractivity contribution in [1.82, 2.24) is 15.5 Å². The number of nitrogens with zero attached hydrogens (tertiary/aromatic N) is 2. The third-order valence-electron chi connectivity index (χ3n) is 3.02. The number of aromatic nitrogens is 2. The molecule has 2 heterocycles. The number of rotatable bonds is 4. The predicted octanol–water partition coefficient (Wildman–Crippen LogP) is 3.44. The van der Waals surface area contributed by atoms with Crippen molar-refractivity contribution >= 4 is 23.4 Å². The molecule has 4 nitrogen and oxygen atoms in total. The summed E-state index contributed by atoms with van der Waals surface area (Å²) in [5, 5.41) is 8.12. The van der Waals surface area contributed by atoms with Gasteiger partial charge in [-0.3, -0.25) is 0 Å². The van der Waals surface area contributed by atoms with Crippen LogP contribution in [0.5, 0.6) is 0 Å². The van der Waals surface area contributed by atoms with Crippen LogP contribution in [0.2, 0.25) is 5.02 Å². The van der Waals surface area contributed by atoms with Crippen LogP contribution < -0.4 is 5.32 Å². The van der Waals surface area contributed by atoms with E-state index < -0.39 is 0 Å². The number of hydrogen-bond acceptors (Lipinski definition) is 5. The van der Waals surface area contributed by atoms with Gasteiger partial charge in [0.1, 0.15) is 0 Å². The van der Waals surface area contributed by atoms with Crippen molar-refractivity contribution in [2.45, 2.75) is 29.5 Å². The molecule has 0 unspecified atom stereocenters. The predicted molar refractivity (Wildman–Crippen MR) is 75.3 cm³/mol. The normalized spacial score (nSPS) is 18.9. The molecule has 1 atom stereocenters. The molecule has 1 aromatic heterocycles. The van der Waals surface area contributed by atoms with E-state index in [1.165, 1.54) is 6.42 Å². The van der Waals surface area contributed by atoms with Crippen LogP contribution >= 0.6 is 23.4 Å². The summed E-state index contributed by atoms with van der Waals surface area (Å²) in [6.45, 7) is 1.03. The third-order valence-corrected chi connectivity index (χ3v) is 4.28. The van der Waals surface area contributed by atoms with Crippen LogP contribution in [0.1, 0.15) is 30.6 Å². The zero-order valence-electron chi connectivity index (χ0n) is 10.3. The Bertz CT molecular complexity index is 537. The quantitative estimate of drug-likeness (QED) is 0.876. The third kappa shape index (κ3) is 3.29. The van der Waals surface area contributed by atoms with Gasteiger partial charge in [0.25, 0.3) is 0 Å². The van der Waals surface area contributed by atoms with E-state index in [1.807, 2.05) is 24.3 Å². The summed E-state index contributed by atoms with van der Waals surface area (Å²) in [4.78, 5) is 5.59. The number of benzene rings is 1. The average Bonchev–Trinajstić information content (AvgIpc) is 3.09. The first kappa shape index (κ1) is 13.0. The molecule has 1 fully saturated rings. The molecule has 1 saturated heterocycles. The van der Waals surface area contributed by atoms with Gasteiger partial charge in [0.2, 0.25) is 5.89 Å². The molecule has 0 saturated carbocycles. The molecule has 1 aliphatic rings. The summed E-state index contributed by atoms with van der Waals surface area (Å²) < 4.78 is 5.30. The zero-order chi connectivity index (χ0) is 13.1. The lowest BCUT2D eigenvalue weighted by Crippen LogP contribution is -2.13. The van der Waals surface area contributed by atoms with Crippen molar-refractivity contribution in [3.8, 4) is 0 Å².